The molecule has 1 saturated carbocycles. The summed E-state index contributed by atoms with van der Waals surface area (Å²) in [6, 6.07) is 32.2. The van der Waals surface area contributed by atoms with Gasteiger partial charge in [-0.2, -0.15) is 0 Å². The molecule has 14 heteroatoms. The first-order chi connectivity index (χ1) is 34.4. The monoisotopic (exact) mass is 1000 g/mol. The molecule has 5 aliphatic rings. The molecule has 3 N–H and O–H groups in total. The zero-order valence-corrected chi connectivity index (χ0v) is 43.7. The summed E-state index contributed by atoms with van der Waals surface area (Å²) in [5, 5.41) is 19.5. The molecule has 12 atom stereocenters. The minimum Gasteiger partial charge on any atom is -0.457 e. The van der Waals surface area contributed by atoms with Crippen LogP contribution in [-0.4, -0.2) is 138 Å². The average molecular weight is 1010 g/mol. The highest BCUT2D eigenvalue weighted by Crippen LogP contribution is 2.63. The van der Waals surface area contributed by atoms with Crippen molar-refractivity contribution in [1.29, 1.82) is 0 Å². The second-order valence-corrected chi connectivity index (χ2v) is 22.0. The lowest BCUT2D eigenvalue weighted by Gasteiger charge is -2.57. The number of carbonyl (C=O) groups is 1. The highest BCUT2D eigenvalue weighted by Gasteiger charge is 2.77. The van der Waals surface area contributed by atoms with E-state index >= 15 is 4.79 Å². The third kappa shape index (κ3) is 8.67. The fourth-order valence-electron chi connectivity index (χ4n) is 14.6. The Balaban J connectivity index is 1.13. The number of methoxy groups -OCH3 is 2. The number of hydrogen-bond donors (Lipinski definition) is 3. The molecule has 71 heavy (non-hydrogen) atoms. The third-order valence-electron chi connectivity index (χ3n) is 17.8. The predicted octanol–water partition coefficient (Wildman–Crippen LogP) is 8.06. The SMILES string of the molecule is CCC12C(=O)C34C5C[C@H](Cc6ccc(Cl)cc6)N(C)C3[C@@H](COC)NC4[C@H](COC)N(Cc3ccc(Cl)cc3Oc3ccc(-c4cnc(CO)n4C)cc3)C1C[C@@H](Cc1ccccc1)C2N(C)[C@@H](C)CN5. The second kappa shape index (κ2) is 20.6. The van der Waals surface area contributed by atoms with Gasteiger partial charge in [0, 0.05) is 104 Å². The van der Waals surface area contributed by atoms with Crippen LogP contribution in [0, 0.1) is 16.7 Å². The van der Waals surface area contributed by atoms with E-state index in [4.69, 9.17) is 37.4 Å². The number of aromatic nitrogens is 2. The van der Waals surface area contributed by atoms with Crippen molar-refractivity contribution in [3.05, 3.63) is 136 Å². The van der Waals surface area contributed by atoms with Crippen molar-refractivity contribution in [2.45, 2.75) is 113 Å². The van der Waals surface area contributed by atoms with Gasteiger partial charge in [0.2, 0.25) is 0 Å². The molecule has 2 bridgehead atoms. The van der Waals surface area contributed by atoms with Crippen LogP contribution >= 0.6 is 23.2 Å². The number of halogens is 2. The van der Waals surface area contributed by atoms with Gasteiger partial charge < -0.3 is 34.5 Å². The lowest BCUT2D eigenvalue weighted by Crippen LogP contribution is -2.74. The number of carbonyl (C=O) groups excluding carboxylic acids is 1. The Hall–Kier alpha value is -4.18. The van der Waals surface area contributed by atoms with Crippen LogP contribution in [0.2, 0.25) is 10.0 Å². The second-order valence-electron chi connectivity index (χ2n) is 21.2. The van der Waals surface area contributed by atoms with Crippen LogP contribution in [-0.2, 0) is 47.3 Å². The van der Waals surface area contributed by atoms with Gasteiger partial charge in [-0.15, -0.1) is 0 Å². The minimum atomic E-state index is -0.863. The van der Waals surface area contributed by atoms with Crippen LogP contribution in [0.15, 0.2) is 103 Å². The van der Waals surface area contributed by atoms with E-state index in [2.05, 4.69) is 107 Å². The van der Waals surface area contributed by atoms with Crippen molar-refractivity contribution in [3.8, 4) is 22.8 Å². The lowest BCUT2D eigenvalue weighted by atomic mass is 9.54. The molecule has 378 valence electrons. The standard InChI is InChI=1S/C57H71Cl2N7O5/c1-8-56-50-26-40(24-36-12-10-9-11-13-36)53(56)63(3)35(2)29-60-49-28-43(25-37-14-19-41(58)20-15-37)64(4)54-45(33-69-6)62-52(57(49,54)55(56)68)47(34-70-7)66(50)31-39-16-21-42(59)27-48(39)71-44-22-17-38(18-23-44)46-30-61-51(32-67)65(46)5/h9-23,27,30,35,40,43,45,47,49-50,52-54,60,62,67H,8,24-26,28-29,31-34H2,1-7H3/t35-,40+,43-,45+,47-,49?,50?,52?,53?,54?,56?,57?/m0/s1. The van der Waals surface area contributed by atoms with E-state index in [0.29, 0.717) is 54.3 Å². The van der Waals surface area contributed by atoms with E-state index in [1.54, 1.807) is 20.4 Å². The Kier molecular flexibility index (Phi) is 14.6. The van der Waals surface area contributed by atoms with Gasteiger partial charge in [-0.3, -0.25) is 19.5 Å². The van der Waals surface area contributed by atoms with Crippen molar-refractivity contribution in [3.63, 3.8) is 0 Å². The molecule has 5 heterocycles. The number of nitrogens with one attached hydrogen (secondary N) is 2. The van der Waals surface area contributed by atoms with Crippen LogP contribution < -0.4 is 15.4 Å². The normalized spacial score (nSPS) is 32.0. The molecule has 4 aliphatic heterocycles. The molecular formula is C57H71Cl2N7O5. The Bertz CT molecular complexity index is 2660. The third-order valence-corrected chi connectivity index (χ3v) is 18.3. The molecule has 1 spiro atoms. The number of imidazole rings is 1. The van der Waals surface area contributed by atoms with Gasteiger partial charge in [0.05, 0.1) is 42.0 Å². The molecule has 0 radical (unpaired) electrons. The van der Waals surface area contributed by atoms with Crippen LogP contribution in [0.4, 0.5) is 0 Å². The molecule has 0 amide bonds. The number of aliphatic hydroxyl groups is 1. The number of hydrogen-bond acceptors (Lipinski definition) is 11. The van der Waals surface area contributed by atoms with Gasteiger partial charge >= 0.3 is 0 Å². The summed E-state index contributed by atoms with van der Waals surface area (Å²) >= 11 is 13.3. The quantitative estimate of drug-likeness (QED) is 0.0947. The Labute approximate surface area is 429 Å². The van der Waals surface area contributed by atoms with E-state index < -0.39 is 10.8 Å². The Morgan fingerprint density at radius 3 is 2.25 bits per heavy atom. The molecule has 12 nitrogen and oxygen atoms in total. The summed E-state index contributed by atoms with van der Waals surface area (Å²) in [6.07, 6.45) is 5.81. The van der Waals surface area contributed by atoms with E-state index in [9.17, 15) is 5.11 Å². The Morgan fingerprint density at radius 1 is 0.845 bits per heavy atom. The fraction of sp³-hybridized carbons (Fsp3) is 0.509. The first-order valence-electron chi connectivity index (χ1n) is 25.6. The van der Waals surface area contributed by atoms with Crippen molar-refractivity contribution in [1.82, 2.24) is 34.9 Å². The summed E-state index contributed by atoms with van der Waals surface area (Å²) in [6.45, 7) is 6.64. The molecular weight excluding hydrogens is 934 g/mol. The smallest absolute Gasteiger partial charge is 0.153 e. The number of piperidine rings is 1. The van der Waals surface area contributed by atoms with Crippen LogP contribution in [0.25, 0.3) is 11.3 Å². The van der Waals surface area contributed by atoms with Gasteiger partial charge in [-0.05, 0) is 119 Å². The topological polar surface area (TPSA) is 117 Å². The van der Waals surface area contributed by atoms with Gasteiger partial charge in [0.1, 0.15) is 23.9 Å². The largest absolute Gasteiger partial charge is 0.457 e. The van der Waals surface area contributed by atoms with E-state index in [1.807, 2.05) is 60.1 Å². The number of rotatable bonds is 15. The van der Waals surface area contributed by atoms with E-state index in [-0.39, 0.29) is 66.9 Å². The summed E-state index contributed by atoms with van der Waals surface area (Å²) in [4.78, 5) is 29.8. The number of aliphatic hydroxyl groups excluding tert-OH is 1. The summed E-state index contributed by atoms with van der Waals surface area (Å²) in [7, 11) is 10.0. The minimum absolute atomic E-state index is 0.0499. The molecule has 10 rings (SSSR count). The van der Waals surface area contributed by atoms with Gasteiger partial charge in [-0.25, -0.2) is 4.98 Å². The number of likely N-dealkylation sites (N-methyl/N-ethyl adjacent to an activating group) is 2. The number of likely N-dealkylation sites (tertiary alicyclic amines) is 2. The van der Waals surface area contributed by atoms with Crippen LogP contribution in [0.1, 0.15) is 55.6 Å². The zero-order valence-electron chi connectivity index (χ0n) is 42.2. The zero-order chi connectivity index (χ0) is 49.8. The van der Waals surface area contributed by atoms with Crippen molar-refractivity contribution in [2.24, 2.45) is 23.8 Å². The molecule has 4 aromatic carbocycles. The first-order valence-corrected chi connectivity index (χ1v) is 26.3. The maximum atomic E-state index is 17.6. The maximum absolute atomic E-state index is 17.6. The Morgan fingerprint density at radius 2 is 1.56 bits per heavy atom. The number of nitrogens with zero attached hydrogens (tertiary/aromatic N) is 5. The maximum Gasteiger partial charge on any atom is 0.153 e. The molecule has 5 aromatic rings. The number of ketones is 1. The van der Waals surface area contributed by atoms with Crippen molar-refractivity contribution in [2.75, 3.05) is 48.1 Å². The van der Waals surface area contributed by atoms with Crippen LogP contribution in [0.3, 0.4) is 0 Å². The molecule has 7 unspecified atom stereocenters. The van der Waals surface area contributed by atoms with Gasteiger partial charge in [0.15, 0.2) is 5.78 Å². The van der Waals surface area contributed by atoms with Gasteiger partial charge in [0.25, 0.3) is 0 Å². The van der Waals surface area contributed by atoms with Crippen molar-refractivity contribution < 1.29 is 24.1 Å². The molecule has 4 saturated heterocycles. The highest BCUT2D eigenvalue weighted by molar-refractivity contribution is 6.31. The molecule has 1 aromatic heterocycles. The average Bonchev–Trinajstić information content (AvgIpc) is 4.03. The molecule has 5 fully saturated rings. The van der Waals surface area contributed by atoms with Crippen LogP contribution in [0.5, 0.6) is 11.5 Å². The fourth-order valence-corrected chi connectivity index (χ4v) is 14.9. The summed E-state index contributed by atoms with van der Waals surface area (Å²) in [5.41, 5.74) is 3.72. The van der Waals surface area contributed by atoms with E-state index in [0.717, 1.165) is 54.1 Å². The highest BCUT2D eigenvalue weighted by atomic mass is 35.5. The molecule has 1 aliphatic carbocycles. The van der Waals surface area contributed by atoms with Gasteiger partial charge in [-0.1, -0.05) is 78.7 Å². The number of Topliss-reactive ketones (excluding diaryl/α,β-unsaturated/α-hetero) is 1. The number of benzene rings is 4. The summed E-state index contributed by atoms with van der Waals surface area (Å²) in [5.74, 6) is 2.49. The summed E-state index contributed by atoms with van der Waals surface area (Å²) < 4.78 is 21.4. The van der Waals surface area contributed by atoms with E-state index in [1.165, 1.54) is 11.1 Å². The number of ether oxygens (including phenoxy) is 3. The lowest BCUT2D eigenvalue weighted by molar-refractivity contribution is -0.154. The van der Waals surface area contributed by atoms with Crippen molar-refractivity contribution >= 4 is 29.0 Å². The first kappa shape index (κ1) is 50.4. The predicted molar refractivity (Wildman–Crippen MR) is 280 cm³/mol.